The van der Waals surface area contributed by atoms with Crippen molar-refractivity contribution in [3.63, 3.8) is 0 Å². The SMILES string of the molecule is CC(C)(C)C1=C(c2cc(O)cc(-c3nc4ccccc4s3)c2)OCC1(C)C. The molecular formula is C23H25NO2S. The van der Waals surface area contributed by atoms with Crippen molar-refractivity contribution in [1.82, 2.24) is 4.98 Å². The molecular weight excluding hydrogens is 354 g/mol. The number of thiazole rings is 1. The van der Waals surface area contributed by atoms with E-state index >= 15 is 0 Å². The van der Waals surface area contributed by atoms with Gasteiger partial charge in [0, 0.05) is 16.5 Å². The van der Waals surface area contributed by atoms with Crippen LogP contribution in [-0.4, -0.2) is 16.7 Å². The van der Waals surface area contributed by atoms with Gasteiger partial charge in [0.25, 0.3) is 0 Å². The number of fused-ring (bicyclic) bond motifs is 1. The van der Waals surface area contributed by atoms with Crippen molar-refractivity contribution in [2.45, 2.75) is 34.6 Å². The lowest BCUT2D eigenvalue weighted by molar-refractivity contribution is 0.213. The van der Waals surface area contributed by atoms with Gasteiger partial charge in [-0.05, 0) is 41.3 Å². The van der Waals surface area contributed by atoms with Gasteiger partial charge >= 0.3 is 0 Å². The highest BCUT2D eigenvalue weighted by atomic mass is 32.1. The highest BCUT2D eigenvalue weighted by Gasteiger charge is 2.41. The molecule has 27 heavy (non-hydrogen) atoms. The quantitative estimate of drug-likeness (QED) is 0.554. The lowest BCUT2D eigenvalue weighted by atomic mass is 9.71. The Labute approximate surface area is 164 Å². The second-order valence-electron chi connectivity index (χ2n) is 8.88. The van der Waals surface area contributed by atoms with Crippen LogP contribution in [0.1, 0.15) is 40.2 Å². The highest BCUT2D eigenvalue weighted by Crippen LogP contribution is 2.50. The van der Waals surface area contributed by atoms with Crippen molar-refractivity contribution in [2.24, 2.45) is 10.8 Å². The topological polar surface area (TPSA) is 42.4 Å². The van der Waals surface area contributed by atoms with E-state index in [9.17, 15) is 5.11 Å². The molecule has 4 rings (SSSR count). The maximum absolute atomic E-state index is 10.4. The Bertz CT molecular complexity index is 1020. The van der Waals surface area contributed by atoms with E-state index in [4.69, 9.17) is 9.72 Å². The average Bonchev–Trinajstić information content (AvgIpc) is 3.14. The molecule has 0 bridgehead atoms. The minimum Gasteiger partial charge on any atom is -0.508 e. The molecule has 4 heteroatoms. The molecule has 0 radical (unpaired) electrons. The second kappa shape index (κ2) is 6.10. The molecule has 0 amide bonds. The van der Waals surface area contributed by atoms with Gasteiger partial charge in [-0.2, -0.15) is 0 Å². The number of rotatable bonds is 2. The van der Waals surface area contributed by atoms with E-state index in [1.807, 2.05) is 18.2 Å². The molecule has 2 heterocycles. The van der Waals surface area contributed by atoms with Crippen LogP contribution in [0.4, 0.5) is 0 Å². The molecule has 2 aromatic carbocycles. The zero-order valence-electron chi connectivity index (χ0n) is 16.5. The molecule has 1 aliphatic rings. The van der Waals surface area contributed by atoms with Crippen LogP contribution in [0.5, 0.6) is 5.75 Å². The summed E-state index contributed by atoms with van der Waals surface area (Å²) in [6, 6.07) is 13.8. The smallest absolute Gasteiger partial charge is 0.127 e. The molecule has 1 aromatic heterocycles. The minimum atomic E-state index is -0.0327. The van der Waals surface area contributed by atoms with Crippen LogP contribution in [0.2, 0.25) is 0 Å². The molecule has 140 valence electrons. The van der Waals surface area contributed by atoms with Gasteiger partial charge in [0.15, 0.2) is 0 Å². The molecule has 0 atom stereocenters. The van der Waals surface area contributed by atoms with Crippen molar-refractivity contribution >= 4 is 27.3 Å². The molecule has 0 saturated carbocycles. The van der Waals surface area contributed by atoms with Crippen molar-refractivity contribution in [1.29, 1.82) is 0 Å². The predicted molar refractivity (Wildman–Crippen MR) is 113 cm³/mol. The van der Waals surface area contributed by atoms with Crippen LogP contribution in [-0.2, 0) is 4.74 Å². The summed E-state index contributed by atoms with van der Waals surface area (Å²) in [6.45, 7) is 11.7. The Balaban J connectivity index is 1.88. The maximum Gasteiger partial charge on any atom is 0.127 e. The van der Waals surface area contributed by atoms with E-state index in [0.717, 1.165) is 32.1 Å². The Morgan fingerprint density at radius 2 is 1.78 bits per heavy atom. The molecule has 1 aliphatic heterocycles. The minimum absolute atomic E-state index is 0.0170. The number of phenolic OH excluding ortho intramolecular Hbond substituents is 1. The van der Waals surface area contributed by atoms with E-state index in [2.05, 4.69) is 46.8 Å². The zero-order valence-corrected chi connectivity index (χ0v) is 17.3. The van der Waals surface area contributed by atoms with E-state index in [1.54, 1.807) is 23.5 Å². The number of phenols is 1. The Morgan fingerprint density at radius 3 is 2.48 bits per heavy atom. The first-order chi connectivity index (χ1) is 12.6. The summed E-state index contributed by atoms with van der Waals surface area (Å²) in [6.07, 6.45) is 0. The van der Waals surface area contributed by atoms with E-state index < -0.39 is 0 Å². The summed E-state index contributed by atoms with van der Waals surface area (Å²) >= 11 is 1.64. The number of para-hydroxylation sites is 1. The molecule has 0 saturated heterocycles. The van der Waals surface area contributed by atoms with Gasteiger partial charge < -0.3 is 9.84 Å². The summed E-state index contributed by atoms with van der Waals surface area (Å²) in [5.41, 5.74) is 4.05. The van der Waals surface area contributed by atoms with E-state index in [0.29, 0.717) is 6.61 Å². The Morgan fingerprint density at radius 1 is 1.07 bits per heavy atom. The summed E-state index contributed by atoms with van der Waals surface area (Å²) in [5, 5.41) is 11.3. The van der Waals surface area contributed by atoms with Crippen molar-refractivity contribution in [3.8, 4) is 16.3 Å². The molecule has 0 spiro atoms. The van der Waals surface area contributed by atoms with Crippen LogP contribution < -0.4 is 0 Å². The summed E-state index contributed by atoms with van der Waals surface area (Å²) in [4.78, 5) is 4.74. The Kier molecular flexibility index (Phi) is 4.08. The average molecular weight is 380 g/mol. The summed E-state index contributed by atoms with van der Waals surface area (Å²) in [5.74, 6) is 1.13. The second-order valence-corrected chi connectivity index (χ2v) is 9.91. The van der Waals surface area contributed by atoms with Crippen molar-refractivity contribution in [3.05, 3.63) is 53.6 Å². The fourth-order valence-corrected chi connectivity index (χ4v) is 5.10. The predicted octanol–water partition coefficient (Wildman–Crippen LogP) is 6.48. The third kappa shape index (κ3) is 3.23. The number of hydrogen-bond acceptors (Lipinski definition) is 4. The van der Waals surface area contributed by atoms with Gasteiger partial charge in [-0.3, -0.25) is 0 Å². The normalized spacial score (nSPS) is 16.8. The third-order valence-corrected chi connectivity index (χ3v) is 6.04. The van der Waals surface area contributed by atoms with Crippen LogP contribution in [0.3, 0.4) is 0 Å². The zero-order chi connectivity index (χ0) is 19.4. The van der Waals surface area contributed by atoms with Crippen molar-refractivity contribution in [2.75, 3.05) is 6.61 Å². The number of aromatic nitrogens is 1. The molecule has 0 aliphatic carbocycles. The van der Waals surface area contributed by atoms with E-state index in [-0.39, 0.29) is 16.6 Å². The third-order valence-electron chi connectivity index (χ3n) is 4.95. The molecule has 3 nitrogen and oxygen atoms in total. The number of ether oxygens (including phenoxy) is 1. The Hall–Kier alpha value is -2.33. The van der Waals surface area contributed by atoms with E-state index in [1.165, 1.54) is 5.57 Å². The number of benzene rings is 2. The molecule has 0 unspecified atom stereocenters. The number of hydrogen-bond donors (Lipinski definition) is 1. The van der Waals surface area contributed by atoms with Crippen LogP contribution in [0, 0.1) is 10.8 Å². The lowest BCUT2D eigenvalue weighted by Gasteiger charge is -2.30. The molecule has 0 fully saturated rings. The monoisotopic (exact) mass is 379 g/mol. The molecule has 3 aromatic rings. The van der Waals surface area contributed by atoms with Crippen LogP contribution >= 0.6 is 11.3 Å². The lowest BCUT2D eigenvalue weighted by Crippen LogP contribution is -2.24. The largest absolute Gasteiger partial charge is 0.508 e. The van der Waals surface area contributed by atoms with Gasteiger partial charge in [0.1, 0.15) is 16.5 Å². The van der Waals surface area contributed by atoms with Gasteiger partial charge in [0.2, 0.25) is 0 Å². The standard InChI is InChI=1S/C23H25NO2S/c1-22(2,3)20-19(26-13-23(20,4)5)14-10-15(12-16(25)11-14)21-24-17-8-6-7-9-18(17)27-21/h6-12,25H,13H2,1-5H3. The van der Waals surface area contributed by atoms with Crippen LogP contribution in [0.15, 0.2) is 48.0 Å². The van der Waals surface area contributed by atoms with Crippen LogP contribution in [0.25, 0.3) is 26.5 Å². The summed E-state index contributed by atoms with van der Waals surface area (Å²) in [7, 11) is 0. The first-order valence-electron chi connectivity index (χ1n) is 9.23. The van der Waals surface area contributed by atoms with Gasteiger partial charge in [-0.15, -0.1) is 11.3 Å². The number of aromatic hydroxyl groups is 1. The first-order valence-corrected chi connectivity index (χ1v) is 10.1. The number of nitrogens with zero attached hydrogens (tertiary/aromatic N) is 1. The first kappa shape index (κ1) is 18.1. The van der Waals surface area contributed by atoms with Crippen molar-refractivity contribution < 1.29 is 9.84 Å². The van der Waals surface area contributed by atoms with Gasteiger partial charge in [-0.1, -0.05) is 46.8 Å². The fourth-order valence-electron chi connectivity index (χ4n) is 4.15. The summed E-state index contributed by atoms with van der Waals surface area (Å²) < 4.78 is 7.29. The highest BCUT2D eigenvalue weighted by molar-refractivity contribution is 7.21. The maximum atomic E-state index is 10.4. The van der Waals surface area contributed by atoms with Gasteiger partial charge in [-0.25, -0.2) is 4.98 Å². The molecule has 1 N–H and O–H groups in total. The fraction of sp³-hybridized carbons (Fsp3) is 0.348. The van der Waals surface area contributed by atoms with Gasteiger partial charge in [0.05, 0.1) is 16.8 Å².